The van der Waals surface area contributed by atoms with Gasteiger partial charge >= 0.3 is 0 Å². The monoisotopic (exact) mass is 371 g/mol. The molecule has 0 atom stereocenters. The number of anilines is 2. The van der Waals surface area contributed by atoms with Crippen molar-refractivity contribution in [2.75, 3.05) is 10.6 Å². The molecule has 138 valence electrons. The minimum Gasteiger partial charge on any atom is -0.380 e. The number of hydrogen-bond donors (Lipinski definition) is 2. The lowest BCUT2D eigenvalue weighted by atomic mass is 10.1. The topological polar surface area (TPSA) is 54.0 Å². The van der Waals surface area contributed by atoms with Crippen LogP contribution >= 0.6 is 0 Å². The van der Waals surface area contributed by atoms with Crippen LogP contribution in [0.4, 0.5) is 24.5 Å². The van der Waals surface area contributed by atoms with E-state index < -0.39 is 29.0 Å². The number of carbonyl (C=O) groups excluding carboxylic acids is 1. The molecule has 1 aromatic heterocycles. The van der Waals surface area contributed by atoms with Crippen LogP contribution < -0.4 is 10.6 Å². The zero-order chi connectivity index (χ0) is 19.4. The van der Waals surface area contributed by atoms with E-state index in [1.807, 2.05) is 25.1 Å². The van der Waals surface area contributed by atoms with Crippen LogP contribution in [-0.4, -0.2) is 10.9 Å². The second-order valence-electron chi connectivity index (χ2n) is 5.95. The molecule has 4 nitrogen and oxygen atoms in total. The predicted octanol–water partition coefficient (Wildman–Crippen LogP) is 4.67. The highest BCUT2D eigenvalue weighted by molar-refractivity contribution is 6.03. The summed E-state index contributed by atoms with van der Waals surface area (Å²) in [7, 11) is 0. The Hall–Kier alpha value is -3.35. The van der Waals surface area contributed by atoms with Crippen LogP contribution in [0, 0.1) is 24.4 Å². The molecule has 3 aromatic rings. The van der Waals surface area contributed by atoms with Gasteiger partial charge < -0.3 is 10.6 Å². The summed E-state index contributed by atoms with van der Waals surface area (Å²) in [5, 5.41) is 5.36. The van der Waals surface area contributed by atoms with Gasteiger partial charge in [-0.15, -0.1) is 0 Å². The summed E-state index contributed by atoms with van der Waals surface area (Å²) in [4.78, 5) is 16.1. The van der Waals surface area contributed by atoms with Crippen molar-refractivity contribution in [2.45, 2.75) is 13.5 Å². The van der Waals surface area contributed by atoms with E-state index in [1.54, 1.807) is 6.07 Å². The van der Waals surface area contributed by atoms with E-state index in [4.69, 9.17) is 0 Å². The average Bonchev–Trinajstić information content (AvgIpc) is 2.67. The summed E-state index contributed by atoms with van der Waals surface area (Å²) in [6, 6.07) is 12.8. The standard InChI is InChI=1S/C20H16F3N3O/c1-12-3-2-4-13(9-12)10-24-14-5-7-17(25-11-14)20(27)26-16-8-6-15(21)18(22)19(16)23/h2-9,11,24H,10H2,1H3,(H,26,27). The first kappa shape index (κ1) is 18.4. The molecular formula is C20H16F3N3O. The molecule has 1 heterocycles. The van der Waals surface area contributed by atoms with Gasteiger partial charge in [0.15, 0.2) is 17.5 Å². The highest BCUT2D eigenvalue weighted by Crippen LogP contribution is 2.20. The van der Waals surface area contributed by atoms with Gasteiger partial charge in [0.05, 0.1) is 17.6 Å². The van der Waals surface area contributed by atoms with Crippen LogP contribution in [0.3, 0.4) is 0 Å². The van der Waals surface area contributed by atoms with Gasteiger partial charge in [-0.3, -0.25) is 4.79 Å². The summed E-state index contributed by atoms with van der Waals surface area (Å²) in [5.74, 6) is -5.16. The number of halogens is 3. The van der Waals surface area contributed by atoms with Crippen molar-refractivity contribution >= 4 is 17.3 Å². The van der Waals surface area contributed by atoms with Gasteiger partial charge in [-0.25, -0.2) is 18.2 Å². The van der Waals surface area contributed by atoms with Crippen molar-refractivity contribution in [2.24, 2.45) is 0 Å². The van der Waals surface area contributed by atoms with Crippen molar-refractivity contribution in [3.8, 4) is 0 Å². The van der Waals surface area contributed by atoms with E-state index in [9.17, 15) is 18.0 Å². The predicted molar refractivity (Wildman–Crippen MR) is 97.0 cm³/mol. The third-order valence-corrected chi connectivity index (χ3v) is 3.86. The van der Waals surface area contributed by atoms with Gasteiger partial charge in [-0.1, -0.05) is 29.8 Å². The van der Waals surface area contributed by atoms with Gasteiger partial charge in [0.1, 0.15) is 5.69 Å². The number of amides is 1. The van der Waals surface area contributed by atoms with E-state index in [0.29, 0.717) is 12.2 Å². The summed E-state index contributed by atoms with van der Waals surface area (Å²) < 4.78 is 39.8. The average molecular weight is 371 g/mol. The number of carbonyl (C=O) groups is 1. The van der Waals surface area contributed by atoms with Gasteiger partial charge in [0, 0.05) is 6.54 Å². The maximum atomic E-state index is 13.6. The molecule has 1 amide bonds. The SMILES string of the molecule is Cc1cccc(CNc2ccc(C(=O)Nc3ccc(F)c(F)c3F)nc2)c1. The second kappa shape index (κ2) is 7.90. The molecule has 0 radical (unpaired) electrons. The first-order valence-electron chi connectivity index (χ1n) is 8.14. The third kappa shape index (κ3) is 4.44. The molecule has 0 saturated carbocycles. The molecule has 0 aliphatic rings. The lowest BCUT2D eigenvalue weighted by Crippen LogP contribution is -2.15. The number of hydrogen-bond acceptors (Lipinski definition) is 3. The molecule has 2 N–H and O–H groups in total. The number of aromatic nitrogens is 1. The maximum Gasteiger partial charge on any atom is 0.274 e. The fraction of sp³-hybridized carbons (Fsp3) is 0.100. The smallest absolute Gasteiger partial charge is 0.274 e. The highest BCUT2D eigenvalue weighted by Gasteiger charge is 2.16. The van der Waals surface area contributed by atoms with E-state index in [0.717, 1.165) is 23.3 Å². The minimum atomic E-state index is -1.64. The van der Waals surface area contributed by atoms with E-state index in [2.05, 4.69) is 21.7 Å². The molecule has 0 saturated heterocycles. The summed E-state index contributed by atoms with van der Waals surface area (Å²) >= 11 is 0. The Morgan fingerprint density at radius 1 is 1.04 bits per heavy atom. The molecule has 0 fully saturated rings. The molecule has 0 aliphatic heterocycles. The number of nitrogens with one attached hydrogen (secondary N) is 2. The Kier molecular flexibility index (Phi) is 5.40. The lowest BCUT2D eigenvalue weighted by molar-refractivity contribution is 0.102. The van der Waals surface area contributed by atoms with Crippen LogP contribution in [0.2, 0.25) is 0 Å². The molecule has 0 unspecified atom stereocenters. The third-order valence-electron chi connectivity index (χ3n) is 3.86. The summed E-state index contributed by atoms with van der Waals surface area (Å²) in [6.45, 7) is 2.60. The largest absolute Gasteiger partial charge is 0.380 e. The zero-order valence-corrected chi connectivity index (χ0v) is 14.4. The fourth-order valence-electron chi connectivity index (χ4n) is 2.47. The molecule has 3 rings (SSSR count). The van der Waals surface area contributed by atoms with Crippen molar-refractivity contribution < 1.29 is 18.0 Å². The Morgan fingerprint density at radius 2 is 1.85 bits per heavy atom. The van der Waals surface area contributed by atoms with Gasteiger partial charge in [-0.2, -0.15) is 0 Å². The Bertz CT molecular complexity index is 975. The molecular weight excluding hydrogens is 355 g/mol. The van der Waals surface area contributed by atoms with Crippen molar-refractivity contribution in [3.05, 3.63) is 89.0 Å². The molecule has 2 aromatic carbocycles. The van der Waals surface area contributed by atoms with Crippen molar-refractivity contribution in [3.63, 3.8) is 0 Å². The summed E-state index contributed by atoms with van der Waals surface area (Å²) in [5.41, 5.74) is 2.52. The zero-order valence-electron chi connectivity index (χ0n) is 14.4. The first-order valence-corrected chi connectivity index (χ1v) is 8.14. The highest BCUT2D eigenvalue weighted by atomic mass is 19.2. The minimum absolute atomic E-state index is 0.0141. The number of aryl methyl sites for hydroxylation is 1. The van der Waals surface area contributed by atoms with Gasteiger partial charge in [0.25, 0.3) is 5.91 Å². The van der Waals surface area contributed by atoms with E-state index in [-0.39, 0.29) is 5.69 Å². The number of pyridine rings is 1. The van der Waals surface area contributed by atoms with Crippen molar-refractivity contribution in [1.29, 1.82) is 0 Å². The number of benzene rings is 2. The Labute approximate surface area is 154 Å². The van der Waals surface area contributed by atoms with Crippen molar-refractivity contribution in [1.82, 2.24) is 4.98 Å². The van der Waals surface area contributed by atoms with Crippen LogP contribution in [0.1, 0.15) is 21.6 Å². The molecule has 0 bridgehead atoms. The van der Waals surface area contributed by atoms with Crippen LogP contribution in [0.25, 0.3) is 0 Å². The molecule has 0 spiro atoms. The maximum absolute atomic E-state index is 13.6. The van der Waals surface area contributed by atoms with Gasteiger partial charge in [0.2, 0.25) is 0 Å². The molecule has 7 heteroatoms. The van der Waals surface area contributed by atoms with Gasteiger partial charge in [-0.05, 0) is 36.8 Å². The second-order valence-corrected chi connectivity index (χ2v) is 5.95. The van der Waals surface area contributed by atoms with Crippen LogP contribution in [-0.2, 0) is 6.54 Å². The lowest BCUT2D eigenvalue weighted by Gasteiger charge is -2.09. The quantitative estimate of drug-likeness (QED) is 0.641. The molecule has 0 aliphatic carbocycles. The van der Waals surface area contributed by atoms with E-state index >= 15 is 0 Å². The summed E-state index contributed by atoms with van der Waals surface area (Å²) in [6.07, 6.45) is 1.46. The first-order chi connectivity index (χ1) is 12.9. The normalized spacial score (nSPS) is 10.5. The Morgan fingerprint density at radius 3 is 2.56 bits per heavy atom. The van der Waals surface area contributed by atoms with E-state index in [1.165, 1.54) is 12.3 Å². The fourth-order valence-corrected chi connectivity index (χ4v) is 2.47. The number of rotatable bonds is 5. The Balaban J connectivity index is 1.64. The number of nitrogens with zero attached hydrogens (tertiary/aromatic N) is 1. The van der Waals surface area contributed by atoms with Crippen LogP contribution in [0.5, 0.6) is 0 Å². The van der Waals surface area contributed by atoms with Crippen LogP contribution in [0.15, 0.2) is 54.7 Å². The molecule has 27 heavy (non-hydrogen) atoms.